The van der Waals surface area contributed by atoms with Gasteiger partial charge in [0.05, 0.1) is 26.9 Å². The maximum absolute atomic E-state index is 13.0. The van der Waals surface area contributed by atoms with Crippen LogP contribution in [0.3, 0.4) is 0 Å². The third kappa shape index (κ3) is 3.70. The lowest BCUT2D eigenvalue weighted by Gasteiger charge is -2.35. The molecule has 2 aliphatic rings. The zero-order valence-electron chi connectivity index (χ0n) is 17.5. The first-order valence-corrected chi connectivity index (χ1v) is 9.84. The summed E-state index contributed by atoms with van der Waals surface area (Å²) in [7, 11) is 4.83. The van der Waals surface area contributed by atoms with Crippen molar-refractivity contribution >= 4 is 5.91 Å². The van der Waals surface area contributed by atoms with Gasteiger partial charge in [0.15, 0.2) is 23.0 Å². The van der Waals surface area contributed by atoms with Crippen molar-refractivity contribution in [1.82, 2.24) is 9.80 Å². The molecule has 0 saturated carbocycles. The van der Waals surface area contributed by atoms with Gasteiger partial charge in [0, 0.05) is 38.3 Å². The van der Waals surface area contributed by atoms with Gasteiger partial charge in [-0.25, -0.2) is 0 Å². The molecule has 2 aromatic rings. The van der Waals surface area contributed by atoms with Crippen molar-refractivity contribution in [3.05, 3.63) is 41.5 Å². The minimum Gasteiger partial charge on any atom is -0.493 e. The predicted octanol–water partition coefficient (Wildman–Crippen LogP) is 2.40. The molecule has 2 aliphatic heterocycles. The molecular weight excluding hydrogens is 388 g/mol. The largest absolute Gasteiger partial charge is 0.493 e. The van der Waals surface area contributed by atoms with Crippen LogP contribution in [0.4, 0.5) is 0 Å². The van der Waals surface area contributed by atoms with Crippen LogP contribution in [0.15, 0.2) is 30.3 Å². The Labute approximate surface area is 175 Å². The fourth-order valence-electron chi connectivity index (χ4n) is 3.91. The molecule has 0 unspecified atom stereocenters. The minimum absolute atomic E-state index is 0.0271. The molecule has 160 valence electrons. The molecule has 0 atom stereocenters. The molecule has 0 bridgehead atoms. The average Bonchev–Trinajstić information content (AvgIpc) is 3.27. The van der Waals surface area contributed by atoms with Gasteiger partial charge in [-0.2, -0.15) is 0 Å². The van der Waals surface area contributed by atoms with Gasteiger partial charge in [0.1, 0.15) is 0 Å². The second-order valence-corrected chi connectivity index (χ2v) is 7.10. The number of amides is 1. The fraction of sp³-hybridized carbons (Fsp3) is 0.409. The second kappa shape index (κ2) is 8.71. The highest BCUT2D eigenvalue weighted by Gasteiger charge is 2.28. The SMILES string of the molecule is COc1ccc(CN2CCN(C(=O)c3cccc4c3OCO4)CC2)c(OC)c1OC. The van der Waals surface area contributed by atoms with E-state index in [1.165, 1.54) is 0 Å². The first-order chi connectivity index (χ1) is 14.7. The Kier molecular flexibility index (Phi) is 5.85. The molecule has 1 amide bonds. The Morgan fingerprint density at radius 2 is 1.70 bits per heavy atom. The summed E-state index contributed by atoms with van der Waals surface area (Å²) < 4.78 is 27.3. The van der Waals surface area contributed by atoms with Crippen LogP contribution >= 0.6 is 0 Å². The predicted molar refractivity (Wildman–Crippen MR) is 110 cm³/mol. The number of para-hydroxylation sites is 1. The van der Waals surface area contributed by atoms with Crippen LogP contribution in [0.1, 0.15) is 15.9 Å². The number of ether oxygens (including phenoxy) is 5. The van der Waals surface area contributed by atoms with Crippen LogP contribution in [0.25, 0.3) is 0 Å². The van der Waals surface area contributed by atoms with Gasteiger partial charge in [0.25, 0.3) is 5.91 Å². The summed E-state index contributed by atoms with van der Waals surface area (Å²) in [5, 5.41) is 0. The number of rotatable bonds is 6. The molecular formula is C22H26N2O6. The normalized spacial score (nSPS) is 15.8. The van der Waals surface area contributed by atoms with Crippen LogP contribution in [0.5, 0.6) is 28.7 Å². The third-order valence-corrected chi connectivity index (χ3v) is 5.47. The van der Waals surface area contributed by atoms with Crippen LogP contribution in [0.2, 0.25) is 0 Å². The maximum atomic E-state index is 13.0. The number of fused-ring (bicyclic) bond motifs is 1. The molecule has 0 spiro atoms. The Morgan fingerprint density at radius 3 is 2.40 bits per heavy atom. The van der Waals surface area contributed by atoms with Gasteiger partial charge in [0.2, 0.25) is 12.5 Å². The van der Waals surface area contributed by atoms with E-state index in [-0.39, 0.29) is 12.7 Å². The van der Waals surface area contributed by atoms with E-state index in [0.717, 1.165) is 18.7 Å². The van der Waals surface area contributed by atoms with Crippen molar-refractivity contribution in [3.63, 3.8) is 0 Å². The van der Waals surface area contributed by atoms with E-state index < -0.39 is 0 Å². The number of carbonyl (C=O) groups excluding carboxylic acids is 1. The van der Waals surface area contributed by atoms with Crippen molar-refractivity contribution in [3.8, 4) is 28.7 Å². The molecule has 0 N–H and O–H groups in total. The highest BCUT2D eigenvalue weighted by atomic mass is 16.7. The summed E-state index contributed by atoms with van der Waals surface area (Å²) in [6.45, 7) is 3.65. The van der Waals surface area contributed by atoms with Crippen molar-refractivity contribution in [2.24, 2.45) is 0 Å². The van der Waals surface area contributed by atoms with Crippen molar-refractivity contribution in [2.45, 2.75) is 6.54 Å². The van der Waals surface area contributed by atoms with Gasteiger partial charge in [-0.1, -0.05) is 12.1 Å². The molecule has 1 saturated heterocycles. The number of benzene rings is 2. The molecule has 8 heteroatoms. The number of hydrogen-bond donors (Lipinski definition) is 0. The van der Waals surface area contributed by atoms with E-state index in [9.17, 15) is 4.79 Å². The molecule has 2 heterocycles. The number of hydrogen-bond acceptors (Lipinski definition) is 7. The fourth-order valence-corrected chi connectivity index (χ4v) is 3.91. The Morgan fingerprint density at radius 1 is 0.933 bits per heavy atom. The lowest BCUT2D eigenvalue weighted by molar-refractivity contribution is 0.0623. The standard InChI is InChI=1S/C22H26N2O6/c1-26-17-8-7-15(19(27-2)21(17)28-3)13-23-9-11-24(12-10-23)22(25)16-5-4-6-18-20(16)30-14-29-18/h4-8H,9-14H2,1-3H3. The Bertz CT molecular complexity index is 924. The molecule has 8 nitrogen and oxygen atoms in total. The number of methoxy groups -OCH3 is 3. The van der Waals surface area contributed by atoms with E-state index in [2.05, 4.69) is 4.90 Å². The minimum atomic E-state index is -0.0271. The highest BCUT2D eigenvalue weighted by Crippen LogP contribution is 2.40. The van der Waals surface area contributed by atoms with Crippen molar-refractivity contribution in [2.75, 3.05) is 54.3 Å². The van der Waals surface area contributed by atoms with Crippen LogP contribution < -0.4 is 23.7 Å². The monoisotopic (exact) mass is 414 g/mol. The molecule has 4 rings (SSSR count). The first kappa shape index (κ1) is 20.2. The second-order valence-electron chi connectivity index (χ2n) is 7.10. The lowest BCUT2D eigenvalue weighted by Crippen LogP contribution is -2.48. The van der Waals surface area contributed by atoms with Crippen LogP contribution in [-0.4, -0.2) is 70.0 Å². The van der Waals surface area contributed by atoms with Gasteiger partial charge in [-0.05, 0) is 18.2 Å². The van der Waals surface area contributed by atoms with Gasteiger partial charge in [-0.3, -0.25) is 9.69 Å². The molecule has 0 aromatic heterocycles. The van der Waals surface area contributed by atoms with Crippen LogP contribution in [0, 0.1) is 0 Å². The van der Waals surface area contributed by atoms with Gasteiger partial charge >= 0.3 is 0 Å². The maximum Gasteiger partial charge on any atom is 0.257 e. The van der Waals surface area contributed by atoms with Crippen LogP contribution in [-0.2, 0) is 6.54 Å². The molecule has 0 aliphatic carbocycles. The van der Waals surface area contributed by atoms with E-state index >= 15 is 0 Å². The van der Waals surface area contributed by atoms with Crippen molar-refractivity contribution in [1.29, 1.82) is 0 Å². The number of carbonyl (C=O) groups is 1. The summed E-state index contributed by atoms with van der Waals surface area (Å²) in [6, 6.07) is 9.29. The Balaban J connectivity index is 1.42. The zero-order chi connectivity index (χ0) is 21.1. The molecule has 1 fully saturated rings. The molecule has 30 heavy (non-hydrogen) atoms. The smallest absolute Gasteiger partial charge is 0.257 e. The summed E-state index contributed by atoms with van der Waals surface area (Å²) in [5.74, 6) is 3.04. The van der Waals surface area contributed by atoms with E-state index in [1.54, 1.807) is 27.4 Å². The number of piperazine rings is 1. The quantitative estimate of drug-likeness (QED) is 0.719. The third-order valence-electron chi connectivity index (χ3n) is 5.47. The topological polar surface area (TPSA) is 69.7 Å². The zero-order valence-corrected chi connectivity index (χ0v) is 17.5. The first-order valence-electron chi connectivity index (χ1n) is 9.84. The molecule has 0 radical (unpaired) electrons. The van der Waals surface area contributed by atoms with Crippen molar-refractivity contribution < 1.29 is 28.5 Å². The summed E-state index contributed by atoms with van der Waals surface area (Å²) in [5.41, 5.74) is 1.57. The van der Waals surface area contributed by atoms with E-state index in [4.69, 9.17) is 23.7 Å². The summed E-state index contributed by atoms with van der Waals surface area (Å²) >= 11 is 0. The Hall–Kier alpha value is -3.13. The van der Waals surface area contributed by atoms with Gasteiger partial charge < -0.3 is 28.6 Å². The highest BCUT2D eigenvalue weighted by molar-refractivity contribution is 5.98. The van der Waals surface area contributed by atoms with Gasteiger partial charge in [-0.15, -0.1) is 0 Å². The summed E-state index contributed by atoms with van der Waals surface area (Å²) in [4.78, 5) is 17.2. The number of nitrogens with zero attached hydrogens (tertiary/aromatic N) is 2. The van der Waals surface area contributed by atoms with E-state index in [1.807, 2.05) is 29.2 Å². The lowest BCUT2D eigenvalue weighted by atomic mass is 10.1. The van der Waals surface area contributed by atoms with E-state index in [0.29, 0.717) is 53.9 Å². The molecule has 2 aromatic carbocycles. The average molecular weight is 414 g/mol. The summed E-state index contributed by atoms with van der Waals surface area (Å²) in [6.07, 6.45) is 0.